The molecule has 0 bridgehead atoms. The highest BCUT2D eigenvalue weighted by atomic mass is 16.3. The zero-order valence-corrected chi connectivity index (χ0v) is 8.18. The third kappa shape index (κ3) is 2.57. The van der Waals surface area contributed by atoms with Crippen LogP contribution in [0, 0.1) is 0 Å². The van der Waals surface area contributed by atoms with Crippen LogP contribution in [0.5, 0.6) is 0 Å². The minimum atomic E-state index is 0.0534. The van der Waals surface area contributed by atoms with E-state index in [1.165, 1.54) is 6.39 Å². The molecule has 0 radical (unpaired) electrons. The summed E-state index contributed by atoms with van der Waals surface area (Å²) in [6.07, 6.45) is 3.07. The fourth-order valence-corrected chi connectivity index (χ4v) is 1.30. The van der Waals surface area contributed by atoms with Crippen molar-refractivity contribution < 1.29 is 9.52 Å². The standard InChI is InChI=1S/C11H12N2O2/c14-7-9-2-1-3-10(4-9)13-6-11-5-12-8-15-11/h1-5,8,13-14H,6-7H2. The van der Waals surface area contributed by atoms with Gasteiger partial charge >= 0.3 is 0 Å². The van der Waals surface area contributed by atoms with Crippen LogP contribution in [0.2, 0.25) is 0 Å². The summed E-state index contributed by atoms with van der Waals surface area (Å²) >= 11 is 0. The smallest absolute Gasteiger partial charge is 0.180 e. The Hall–Kier alpha value is -1.81. The first-order valence-corrected chi connectivity index (χ1v) is 4.69. The van der Waals surface area contributed by atoms with Crippen LogP contribution < -0.4 is 5.32 Å². The molecule has 0 aliphatic carbocycles. The van der Waals surface area contributed by atoms with E-state index in [1.54, 1.807) is 6.20 Å². The summed E-state index contributed by atoms with van der Waals surface area (Å²) in [6, 6.07) is 7.61. The summed E-state index contributed by atoms with van der Waals surface area (Å²) < 4.78 is 5.09. The molecule has 1 heterocycles. The van der Waals surface area contributed by atoms with E-state index < -0.39 is 0 Å². The number of aliphatic hydroxyl groups is 1. The van der Waals surface area contributed by atoms with E-state index in [4.69, 9.17) is 9.52 Å². The van der Waals surface area contributed by atoms with Gasteiger partial charge in [0.2, 0.25) is 0 Å². The molecule has 0 saturated heterocycles. The van der Waals surface area contributed by atoms with E-state index in [0.717, 1.165) is 17.0 Å². The molecule has 4 nitrogen and oxygen atoms in total. The topological polar surface area (TPSA) is 58.3 Å². The van der Waals surface area contributed by atoms with Gasteiger partial charge in [0.25, 0.3) is 0 Å². The number of aliphatic hydroxyl groups excluding tert-OH is 1. The molecule has 0 aliphatic heterocycles. The summed E-state index contributed by atoms with van der Waals surface area (Å²) in [4.78, 5) is 3.82. The Morgan fingerprint density at radius 2 is 2.33 bits per heavy atom. The quantitative estimate of drug-likeness (QED) is 0.797. The summed E-state index contributed by atoms with van der Waals surface area (Å²) in [5.41, 5.74) is 1.84. The number of rotatable bonds is 4. The van der Waals surface area contributed by atoms with Crippen LogP contribution in [-0.4, -0.2) is 10.1 Å². The van der Waals surface area contributed by atoms with Gasteiger partial charge in [0, 0.05) is 5.69 Å². The zero-order valence-electron chi connectivity index (χ0n) is 8.18. The number of hydrogen-bond donors (Lipinski definition) is 2. The first-order chi connectivity index (χ1) is 7.38. The van der Waals surface area contributed by atoms with Crippen LogP contribution in [0.4, 0.5) is 5.69 Å². The number of oxazole rings is 1. The molecule has 4 heteroatoms. The molecular weight excluding hydrogens is 192 g/mol. The summed E-state index contributed by atoms with van der Waals surface area (Å²) in [7, 11) is 0. The average Bonchev–Trinajstić information content (AvgIpc) is 2.79. The van der Waals surface area contributed by atoms with Gasteiger partial charge in [-0.1, -0.05) is 12.1 Å². The number of hydrogen-bond acceptors (Lipinski definition) is 4. The maximum absolute atomic E-state index is 8.96. The van der Waals surface area contributed by atoms with Crippen molar-refractivity contribution in [3.63, 3.8) is 0 Å². The molecule has 15 heavy (non-hydrogen) atoms. The lowest BCUT2D eigenvalue weighted by Crippen LogP contribution is -1.98. The fraction of sp³-hybridized carbons (Fsp3) is 0.182. The molecule has 0 unspecified atom stereocenters. The highest BCUT2D eigenvalue weighted by Crippen LogP contribution is 2.11. The first-order valence-electron chi connectivity index (χ1n) is 4.69. The highest BCUT2D eigenvalue weighted by Gasteiger charge is 1.97. The minimum Gasteiger partial charge on any atom is -0.447 e. The molecule has 78 valence electrons. The van der Waals surface area contributed by atoms with Gasteiger partial charge in [-0.15, -0.1) is 0 Å². The predicted molar refractivity (Wildman–Crippen MR) is 56.2 cm³/mol. The van der Waals surface area contributed by atoms with Crippen molar-refractivity contribution in [2.24, 2.45) is 0 Å². The second-order valence-electron chi connectivity index (χ2n) is 3.18. The first kappa shape index (κ1) is 9.73. The van der Waals surface area contributed by atoms with Crippen molar-refractivity contribution in [1.29, 1.82) is 0 Å². The van der Waals surface area contributed by atoms with Gasteiger partial charge in [-0.05, 0) is 17.7 Å². The Kier molecular flexibility index (Phi) is 2.99. The number of aromatic nitrogens is 1. The second kappa shape index (κ2) is 4.61. The summed E-state index contributed by atoms with van der Waals surface area (Å²) in [5.74, 6) is 0.782. The van der Waals surface area contributed by atoms with Gasteiger partial charge in [-0.25, -0.2) is 4.98 Å². The van der Waals surface area contributed by atoms with Crippen LogP contribution in [0.1, 0.15) is 11.3 Å². The lowest BCUT2D eigenvalue weighted by atomic mass is 10.2. The van der Waals surface area contributed by atoms with Gasteiger partial charge in [0.05, 0.1) is 19.3 Å². The van der Waals surface area contributed by atoms with Crippen molar-refractivity contribution >= 4 is 5.69 Å². The third-order valence-corrected chi connectivity index (χ3v) is 2.06. The van der Waals surface area contributed by atoms with Crippen LogP contribution >= 0.6 is 0 Å². The van der Waals surface area contributed by atoms with Crippen LogP contribution in [-0.2, 0) is 13.2 Å². The normalized spacial score (nSPS) is 10.2. The lowest BCUT2D eigenvalue weighted by Gasteiger charge is -2.05. The lowest BCUT2D eigenvalue weighted by molar-refractivity contribution is 0.282. The summed E-state index contributed by atoms with van der Waals surface area (Å²) in [6.45, 7) is 0.646. The molecule has 0 atom stereocenters. The van der Waals surface area contributed by atoms with Gasteiger partial charge in [0.15, 0.2) is 6.39 Å². The third-order valence-electron chi connectivity index (χ3n) is 2.06. The monoisotopic (exact) mass is 204 g/mol. The summed E-state index contributed by atoms with van der Waals surface area (Å²) in [5, 5.41) is 12.1. The van der Waals surface area contributed by atoms with E-state index in [2.05, 4.69) is 10.3 Å². The Labute approximate surface area is 87.6 Å². The van der Waals surface area contributed by atoms with Crippen LogP contribution in [0.15, 0.2) is 41.3 Å². The molecule has 1 aromatic carbocycles. The maximum Gasteiger partial charge on any atom is 0.180 e. The van der Waals surface area contributed by atoms with Gasteiger partial charge < -0.3 is 14.8 Å². The maximum atomic E-state index is 8.96. The molecule has 0 fully saturated rings. The Morgan fingerprint density at radius 1 is 1.40 bits per heavy atom. The van der Waals surface area contributed by atoms with E-state index in [1.807, 2.05) is 24.3 Å². The molecular formula is C11H12N2O2. The van der Waals surface area contributed by atoms with Crippen molar-refractivity contribution in [2.45, 2.75) is 13.2 Å². The highest BCUT2D eigenvalue weighted by molar-refractivity contribution is 5.45. The van der Waals surface area contributed by atoms with E-state index in [-0.39, 0.29) is 6.61 Å². The van der Waals surface area contributed by atoms with Crippen molar-refractivity contribution in [2.75, 3.05) is 5.32 Å². The molecule has 2 N–H and O–H groups in total. The second-order valence-corrected chi connectivity index (χ2v) is 3.18. The SMILES string of the molecule is OCc1cccc(NCc2cnco2)c1. The van der Waals surface area contributed by atoms with Crippen LogP contribution in [0.25, 0.3) is 0 Å². The van der Waals surface area contributed by atoms with E-state index >= 15 is 0 Å². The van der Waals surface area contributed by atoms with Gasteiger partial charge in [-0.3, -0.25) is 0 Å². The van der Waals surface area contributed by atoms with Crippen molar-refractivity contribution in [3.8, 4) is 0 Å². The minimum absolute atomic E-state index is 0.0534. The van der Waals surface area contributed by atoms with Gasteiger partial charge in [-0.2, -0.15) is 0 Å². The molecule has 0 spiro atoms. The zero-order chi connectivity index (χ0) is 10.5. The Bertz CT molecular complexity index is 412. The molecule has 0 aliphatic rings. The van der Waals surface area contributed by atoms with Gasteiger partial charge in [0.1, 0.15) is 5.76 Å². The number of nitrogens with one attached hydrogen (secondary N) is 1. The molecule has 1 aromatic heterocycles. The van der Waals surface area contributed by atoms with Crippen molar-refractivity contribution in [3.05, 3.63) is 48.2 Å². The molecule has 2 rings (SSSR count). The molecule has 2 aromatic rings. The molecule has 0 saturated carbocycles. The predicted octanol–water partition coefficient (Wildman–Crippen LogP) is 1.78. The fourth-order valence-electron chi connectivity index (χ4n) is 1.30. The van der Waals surface area contributed by atoms with Crippen LogP contribution in [0.3, 0.4) is 0 Å². The van der Waals surface area contributed by atoms with E-state index in [9.17, 15) is 0 Å². The number of anilines is 1. The average molecular weight is 204 g/mol. The number of benzene rings is 1. The Balaban J connectivity index is 1.98. The van der Waals surface area contributed by atoms with E-state index in [0.29, 0.717) is 6.54 Å². The number of nitrogens with zero attached hydrogens (tertiary/aromatic N) is 1. The largest absolute Gasteiger partial charge is 0.447 e. The molecule has 0 amide bonds. The Morgan fingerprint density at radius 3 is 3.07 bits per heavy atom. The van der Waals surface area contributed by atoms with Crippen molar-refractivity contribution in [1.82, 2.24) is 4.98 Å².